The number of alkyl halides is 3. The van der Waals surface area contributed by atoms with Gasteiger partial charge < -0.3 is 20.6 Å². The van der Waals surface area contributed by atoms with Crippen molar-refractivity contribution in [1.29, 1.82) is 0 Å². The van der Waals surface area contributed by atoms with Gasteiger partial charge in [0.15, 0.2) is 0 Å². The van der Waals surface area contributed by atoms with Crippen LogP contribution in [-0.4, -0.2) is 37.2 Å². The summed E-state index contributed by atoms with van der Waals surface area (Å²) in [6.45, 7) is 0. The maximum absolute atomic E-state index is 12.8. The third-order valence-corrected chi connectivity index (χ3v) is 5.33. The van der Waals surface area contributed by atoms with Crippen molar-refractivity contribution in [1.82, 2.24) is 9.97 Å². The number of nitrogens with zero attached hydrogens (tertiary/aromatic N) is 4. The van der Waals surface area contributed by atoms with E-state index in [0.717, 1.165) is 18.2 Å². The molecule has 0 bridgehead atoms. The summed E-state index contributed by atoms with van der Waals surface area (Å²) in [5.41, 5.74) is 0.707. The minimum absolute atomic E-state index is 0.0610. The molecule has 0 unspecified atom stereocenters. The average Bonchev–Trinajstić information content (AvgIpc) is 2.88. The fourth-order valence-electron chi connectivity index (χ4n) is 3.50. The fraction of sp³-hybridized carbons (Fsp3) is 0.0769. The third-order valence-electron chi connectivity index (χ3n) is 5.33. The number of aromatic hydroxyl groups is 1. The molecule has 4 rings (SSSR count). The second-order valence-corrected chi connectivity index (χ2v) is 8.08. The van der Waals surface area contributed by atoms with Gasteiger partial charge in [0.25, 0.3) is 0 Å². The van der Waals surface area contributed by atoms with E-state index in [0.29, 0.717) is 28.2 Å². The zero-order valence-corrected chi connectivity index (χ0v) is 19.7. The molecule has 0 saturated heterocycles. The van der Waals surface area contributed by atoms with E-state index in [2.05, 4.69) is 25.5 Å². The van der Waals surface area contributed by atoms with Gasteiger partial charge in [0.1, 0.15) is 11.3 Å². The SMILES string of the molecule is O=C(O)Cc1ccc(N=Nc2ccc(O)c(C(=O)O)c2)cc1-c1ccnc(Nc2ccc(C(F)(F)F)cc2)n1. The maximum Gasteiger partial charge on any atom is 0.416 e. The zero-order valence-electron chi connectivity index (χ0n) is 19.7. The summed E-state index contributed by atoms with van der Waals surface area (Å²) in [7, 11) is 0. The van der Waals surface area contributed by atoms with Crippen molar-refractivity contribution in [2.45, 2.75) is 12.6 Å². The minimum Gasteiger partial charge on any atom is -0.507 e. The van der Waals surface area contributed by atoms with E-state index in [4.69, 9.17) is 5.11 Å². The van der Waals surface area contributed by atoms with E-state index in [1.807, 2.05) is 0 Å². The number of aromatic nitrogens is 2. The number of rotatable bonds is 8. The minimum atomic E-state index is -4.47. The van der Waals surface area contributed by atoms with Gasteiger partial charge in [0.2, 0.25) is 5.95 Å². The van der Waals surface area contributed by atoms with Crippen molar-refractivity contribution in [2.24, 2.45) is 10.2 Å². The standard InChI is InChI=1S/C26H18F3N5O5/c27-26(28,29)15-2-5-16(6-3-15)31-25-30-10-9-21(32-25)19-12-17(4-1-14(19)11-23(36)37)33-34-18-7-8-22(35)20(13-18)24(38)39/h1-10,12-13,35H,11H2,(H,36,37)(H,38,39)(H,30,31,32). The molecule has 0 atom stereocenters. The van der Waals surface area contributed by atoms with E-state index in [9.17, 15) is 33.0 Å². The molecule has 39 heavy (non-hydrogen) atoms. The highest BCUT2D eigenvalue weighted by Crippen LogP contribution is 2.32. The highest BCUT2D eigenvalue weighted by atomic mass is 19.4. The van der Waals surface area contributed by atoms with E-state index in [1.165, 1.54) is 54.7 Å². The number of nitrogens with one attached hydrogen (secondary N) is 1. The lowest BCUT2D eigenvalue weighted by atomic mass is 10.0. The van der Waals surface area contributed by atoms with Crippen molar-refractivity contribution in [3.8, 4) is 17.0 Å². The number of carbonyl (C=O) groups is 2. The maximum atomic E-state index is 12.8. The number of aliphatic carboxylic acids is 1. The summed E-state index contributed by atoms with van der Waals surface area (Å²) in [5, 5.41) is 39.0. The van der Waals surface area contributed by atoms with E-state index in [1.54, 1.807) is 0 Å². The molecule has 1 heterocycles. The number of benzene rings is 3. The number of hydrogen-bond donors (Lipinski definition) is 4. The molecule has 4 aromatic rings. The molecule has 0 fully saturated rings. The molecule has 0 amide bonds. The molecule has 0 radical (unpaired) electrons. The Morgan fingerprint density at radius 3 is 2.21 bits per heavy atom. The fourth-order valence-corrected chi connectivity index (χ4v) is 3.50. The molecular weight excluding hydrogens is 519 g/mol. The lowest BCUT2D eigenvalue weighted by Gasteiger charge is -2.11. The molecule has 0 saturated carbocycles. The Hall–Kier alpha value is -5.33. The topological polar surface area (TPSA) is 157 Å². The highest BCUT2D eigenvalue weighted by Gasteiger charge is 2.30. The molecule has 0 aliphatic carbocycles. The van der Waals surface area contributed by atoms with Gasteiger partial charge in [-0.15, -0.1) is 0 Å². The predicted octanol–water partition coefficient (Wildman–Crippen LogP) is 6.35. The van der Waals surface area contributed by atoms with Gasteiger partial charge in [0, 0.05) is 17.4 Å². The second kappa shape index (κ2) is 11.0. The summed E-state index contributed by atoms with van der Waals surface area (Å²) in [5.74, 6) is -2.79. The van der Waals surface area contributed by atoms with Crippen LogP contribution < -0.4 is 5.32 Å². The van der Waals surface area contributed by atoms with Crippen LogP contribution in [-0.2, 0) is 17.4 Å². The molecule has 0 spiro atoms. The van der Waals surface area contributed by atoms with E-state index < -0.39 is 29.4 Å². The molecule has 13 heteroatoms. The summed E-state index contributed by atoms with van der Waals surface area (Å²) in [6.07, 6.45) is -3.41. The molecule has 198 valence electrons. The van der Waals surface area contributed by atoms with Crippen LogP contribution in [0.4, 0.5) is 36.2 Å². The summed E-state index contributed by atoms with van der Waals surface area (Å²) >= 11 is 0. The molecular formula is C26H18F3N5O5. The van der Waals surface area contributed by atoms with Crippen molar-refractivity contribution < 1.29 is 38.1 Å². The third kappa shape index (κ3) is 6.71. The van der Waals surface area contributed by atoms with Crippen molar-refractivity contribution >= 4 is 34.9 Å². The number of anilines is 2. The van der Waals surface area contributed by atoms with Crippen LogP contribution in [0.15, 0.2) is 83.2 Å². The number of azo groups is 1. The van der Waals surface area contributed by atoms with E-state index in [-0.39, 0.29) is 23.6 Å². The average molecular weight is 537 g/mol. The Balaban J connectivity index is 1.65. The molecule has 0 aliphatic heterocycles. The first-order valence-electron chi connectivity index (χ1n) is 11.1. The van der Waals surface area contributed by atoms with Crippen molar-refractivity contribution in [3.63, 3.8) is 0 Å². The number of aromatic carboxylic acids is 1. The normalized spacial score (nSPS) is 11.5. The number of phenols is 1. The van der Waals surface area contributed by atoms with Crippen LogP contribution in [0.1, 0.15) is 21.5 Å². The first-order chi connectivity index (χ1) is 18.5. The van der Waals surface area contributed by atoms with E-state index >= 15 is 0 Å². The van der Waals surface area contributed by atoms with Gasteiger partial charge in [-0.3, -0.25) is 4.79 Å². The van der Waals surface area contributed by atoms with Gasteiger partial charge in [-0.2, -0.15) is 23.4 Å². The van der Waals surface area contributed by atoms with Gasteiger partial charge in [-0.25, -0.2) is 14.8 Å². The first kappa shape index (κ1) is 26.7. The van der Waals surface area contributed by atoms with Crippen LogP contribution in [0.5, 0.6) is 5.75 Å². The molecule has 10 nitrogen and oxygen atoms in total. The quantitative estimate of drug-likeness (QED) is 0.189. The lowest BCUT2D eigenvalue weighted by Crippen LogP contribution is -2.05. The molecule has 0 aliphatic rings. The Morgan fingerprint density at radius 1 is 0.897 bits per heavy atom. The molecule has 1 aromatic heterocycles. The Labute approximate surface area is 218 Å². The first-order valence-corrected chi connectivity index (χ1v) is 11.1. The lowest BCUT2D eigenvalue weighted by molar-refractivity contribution is -0.138. The Bertz CT molecular complexity index is 1570. The number of halogens is 3. The highest BCUT2D eigenvalue weighted by molar-refractivity contribution is 5.91. The predicted molar refractivity (Wildman–Crippen MR) is 133 cm³/mol. The van der Waals surface area contributed by atoms with Gasteiger partial charge in [0.05, 0.1) is 29.1 Å². The largest absolute Gasteiger partial charge is 0.507 e. The van der Waals surface area contributed by atoms with Gasteiger partial charge in [-0.05, 0) is 66.2 Å². The van der Waals surface area contributed by atoms with Crippen molar-refractivity contribution in [2.75, 3.05) is 5.32 Å². The summed E-state index contributed by atoms with van der Waals surface area (Å²) in [4.78, 5) is 31.1. The van der Waals surface area contributed by atoms with Crippen LogP contribution >= 0.6 is 0 Å². The summed E-state index contributed by atoms with van der Waals surface area (Å²) in [6, 6.07) is 14.1. The van der Waals surface area contributed by atoms with Gasteiger partial charge in [-0.1, -0.05) is 6.07 Å². The van der Waals surface area contributed by atoms with Crippen LogP contribution in [0.3, 0.4) is 0 Å². The smallest absolute Gasteiger partial charge is 0.416 e. The number of hydrogen-bond acceptors (Lipinski definition) is 8. The Morgan fingerprint density at radius 2 is 1.56 bits per heavy atom. The van der Waals surface area contributed by atoms with Crippen molar-refractivity contribution in [3.05, 3.63) is 89.6 Å². The molecule has 3 aromatic carbocycles. The monoisotopic (exact) mass is 537 g/mol. The van der Waals surface area contributed by atoms with Crippen LogP contribution in [0.25, 0.3) is 11.3 Å². The van der Waals surface area contributed by atoms with Gasteiger partial charge >= 0.3 is 18.1 Å². The zero-order chi connectivity index (χ0) is 28.2. The molecule has 4 N–H and O–H groups in total. The van der Waals surface area contributed by atoms with Crippen LogP contribution in [0.2, 0.25) is 0 Å². The number of carboxylic acid groups (broad SMARTS) is 2. The Kier molecular flexibility index (Phi) is 7.51. The summed E-state index contributed by atoms with van der Waals surface area (Å²) < 4.78 is 38.5. The second-order valence-electron chi connectivity index (χ2n) is 8.08. The van der Waals surface area contributed by atoms with Crippen LogP contribution in [0, 0.1) is 0 Å². The number of carboxylic acids is 2.